The molecule has 0 spiro atoms. The van der Waals surface area contributed by atoms with Gasteiger partial charge < -0.3 is 26.4 Å². The molecule has 16 heavy (non-hydrogen) atoms. The summed E-state index contributed by atoms with van der Waals surface area (Å²) in [6.07, 6.45) is 2.74. The third-order valence-corrected chi connectivity index (χ3v) is 3.17. The quantitative estimate of drug-likeness (QED) is 0.304. The van der Waals surface area contributed by atoms with Crippen molar-refractivity contribution in [2.75, 3.05) is 59.0 Å². The van der Waals surface area contributed by atoms with Gasteiger partial charge in [0.05, 0.1) is 46.6 Å². The average molecular weight is 272 g/mol. The number of hydrogen-bond acceptors (Lipinski definition) is 2. The van der Waals surface area contributed by atoms with Gasteiger partial charge in [0.15, 0.2) is 0 Å². The Morgan fingerprint density at radius 1 is 1.00 bits per heavy atom. The molecule has 5 heteroatoms. The molecule has 98 valence electrons. The fraction of sp³-hybridized carbons (Fsp3) is 1.00. The third kappa shape index (κ3) is 6.92. The molecule has 0 atom stereocenters. The van der Waals surface area contributed by atoms with Crippen LogP contribution in [0.15, 0.2) is 0 Å². The Bertz CT molecular complexity index is 164. The smallest absolute Gasteiger partial charge is 0.102 e. The maximum atomic E-state index is 5.52. The number of alkyl halides is 1. The minimum absolute atomic E-state index is 0. The predicted octanol–water partition coefficient (Wildman–Crippen LogP) is -1.50. The first-order valence-electron chi connectivity index (χ1n) is 5.82. The molecule has 0 aromatic carbocycles. The van der Waals surface area contributed by atoms with Gasteiger partial charge in [-0.2, -0.15) is 0 Å². The lowest BCUT2D eigenvalue weighted by molar-refractivity contribution is -0.898. The van der Waals surface area contributed by atoms with Crippen LogP contribution in [-0.4, -0.2) is 63.5 Å². The van der Waals surface area contributed by atoms with Gasteiger partial charge >= 0.3 is 0 Å². The maximum Gasteiger partial charge on any atom is 0.102 e. The second-order valence-corrected chi connectivity index (χ2v) is 4.79. The predicted molar refractivity (Wildman–Crippen MR) is 62.4 cm³/mol. The highest BCUT2D eigenvalue weighted by Gasteiger charge is 2.25. The summed E-state index contributed by atoms with van der Waals surface area (Å²) in [5, 5.41) is 0. The number of hydrogen-bond donors (Lipinski definition) is 0. The lowest BCUT2D eigenvalue weighted by atomic mass is 10.4. The van der Waals surface area contributed by atoms with E-state index in [2.05, 4.69) is 7.05 Å². The standard InChI is InChI=1S/C11H23ClNO2.ClH/c1-13(5-2-3-6-13)7-9-15-11-10-14-8-4-12;/h2-11H2,1H3;1H/q+1;/p-1. The van der Waals surface area contributed by atoms with Crippen LogP contribution in [0.5, 0.6) is 0 Å². The molecule has 1 aliphatic rings. The van der Waals surface area contributed by atoms with Crippen molar-refractivity contribution in [2.45, 2.75) is 12.8 Å². The number of halogens is 2. The van der Waals surface area contributed by atoms with E-state index in [9.17, 15) is 0 Å². The molecule has 1 fully saturated rings. The average Bonchev–Trinajstić information content (AvgIpc) is 2.64. The van der Waals surface area contributed by atoms with Gasteiger partial charge in [0.25, 0.3) is 0 Å². The lowest BCUT2D eigenvalue weighted by Gasteiger charge is -2.28. The molecule has 1 rings (SSSR count). The SMILES string of the molecule is C[N+]1(CCOCCOCCCl)CCCC1.[Cl-]. The summed E-state index contributed by atoms with van der Waals surface area (Å²) >= 11 is 5.48. The molecule has 0 aliphatic carbocycles. The Morgan fingerprint density at radius 2 is 1.56 bits per heavy atom. The van der Waals surface area contributed by atoms with E-state index < -0.39 is 0 Å². The van der Waals surface area contributed by atoms with Crippen LogP contribution in [0, 0.1) is 0 Å². The highest BCUT2D eigenvalue weighted by molar-refractivity contribution is 6.17. The van der Waals surface area contributed by atoms with Crippen LogP contribution < -0.4 is 12.4 Å². The van der Waals surface area contributed by atoms with Crippen molar-refractivity contribution in [3.8, 4) is 0 Å². The van der Waals surface area contributed by atoms with Gasteiger partial charge in [-0.3, -0.25) is 0 Å². The van der Waals surface area contributed by atoms with Gasteiger partial charge in [-0.15, -0.1) is 11.6 Å². The van der Waals surface area contributed by atoms with Gasteiger partial charge in [-0.1, -0.05) is 0 Å². The highest BCUT2D eigenvalue weighted by Crippen LogP contribution is 2.15. The molecule has 0 amide bonds. The van der Waals surface area contributed by atoms with Crippen molar-refractivity contribution in [3.63, 3.8) is 0 Å². The van der Waals surface area contributed by atoms with E-state index in [1.54, 1.807) is 0 Å². The van der Waals surface area contributed by atoms with Crippen molar-refractivity contribution in [1.29, 1.82) is 0 Å². The summed E-state index contributed by atoms with van der Waals surface area (Å²) in [5.74, 6) is 0.564. The molecule has 0 aromatic heterocycles. The van der Waals surface area contributed by atoms with Gasteiger partial charge in [-0.25, -0.2) is 0 Å². The number of likely N-dealkylation sites (tertiary alicyclic amines) is 1. The molecule has 0 unspecified atom stereocenters. The third-order valence-electron chi connectivity index (χ3n) is 3.01. The summed E-state index contributed by atoms with van der Waals surface area (Å²) in [5.41, 5.74) is 0. The minimum atomic E-state index is 0. The number of ether oxygens (including phenoxy) is 2. The second-order valence-electron chi connectivity index (χ2n) is 4.41. The molecule has 0 radical (unpaired) electrons. The number of rotatable bonds is 8. The zero-order chi connectivity index (χ0) is 11.0. The fourth-order valence-electron chi connectivity index (χ4n) is 1.98. The first-order valence-corrected chi connectivity index (χ1v) is 6.35. The van der Waals surface area contributed by atoms with Crippen molar-refractivity contribution in [3.05, 3.63) is 0 Å². The summed E-state index contributed by atoms with van der Waals surface area (Å²) in [4.78, 5) is 0. The molecular formula is C11H23Cl2NO2. The van der Waals surface area contributed by atoms with Crippen LogP contribution in [0.1, 0.15) is 12.8 Å². The second kappa shape index (κ2) is 9.49. The molecule has 0 bridgehead atoms. The van der Waals surface area contributed by atoms with Crippen LogP contribution in [0.3, 0.4) is 0 Å². The number of nitrogens with zero attached hydrogens (tertiary/aromatic N) is 1. The summed E-state index contributed by atoms with van der Waals surface area (Å²) < 4.78 is 11.9. The van der Waals surface area contributed by atoms with Crippen LogP contribution >= 0.6 is 11.6 Å². The van der Waals surface area contributed by atoms with Gasteiger partial charge in [0.2, 0.25) is 0 Å². The van der Waals surface area contributed by atoms with Crippen LogP contribution in [0.2, 0.25) is 0 Å². The van der Waals surface area contributed by atoms with E-state index in [0.29, 0.717) is 25.7 Å². The number of quaternary nitrogens is 1. The first kappa shape index (κ1) is 16.5. The monoisotopic (exact) mass is 271 g/mol. The first-order chi connectivity index (χ1) is 7.27. The Balaban J connectivity index is 0.00000225. The van der Waals surface area contributed by atoms with Crippen molar-refractivity contribution in [1.82, 2.24) is 0 Å². The van der Waals surface area contributed by atoms with E-state index >= 15 is 0 Å². The summed E-state index contributed by atoms with van der Waals surface area (Å²) in [6, 6.07) is 0. The molecule has 1 heterocycles. The van der Waals surface area contributed by atoms with E-state index in [0.717, 1.165) is 13.2 Å². The Hall–Kier alpha value is 0.460. The van der Waals surface area contributed by atoms with Crippen LogP contribution in [-0.2, 0) is 9.47 Å². The van der Waals surface area contributed by atoms with E-state index in [1.807, 2.05) is 0 Å². The molecule has 3 nitrogen and oxygen atoms in total. The lowest BCUT2D eigenvalue weighted by Crippen LogP contribution is -3.00. The van der Waals surface area contributed by atoms with Gasteiger partial charge in [-0.05, 0) is 0 Å². The van der Waals surface area contributed by atoms with E-state index in [4.69, 9.17) is 21.1 Å². The van der Waals surface area contributed by atoms with Gasteiger partial charge in [0, 0.05) is 18.7 Å². The summed E-state index contributed by atoms with van der Waals surface area (Å²) in [7, 11) is 2.32. The molecular weight excluding hydrogens is 249 g/mol. The van der Waals surface area contributed by atoms with Crippen molar-refractivity contribution < 1.29 is 26.4 Å². The van der Waals surface area contributed by atoms with Crippen LogP contribution in [0.25, 0.3) is 0 Å². The van der Waals surface area contributed by atoms with Crippen LogP contribution in [0.4, 0.5) is 0 Å². The largest absolute Gasteiger partial charge is 1.00 e. The minimum Gasteiger partial charge on any atom is -1.00 e. The summed E-state index contributed by atoms with van der Waals surface area (Å²) in [6.45, 7) is 6.58. The molecule has 0 aromatic rings. The zero-order valence-electron chi connectivity index (χ0n) is 10.1. The van der Waals surface area contributed by atoms with Gasteiger partial charge in [0.1, 0.15) is 6.54 Å². The van der Waals surface area contributed by atoms with Crippen molar-refractivity contribution in [2.24, 2.45) is 0 Å². The number of likely N-dealkylation sites (N-methyl/N-ethyl adjacent to an activating group) is 1. The Labute approximate surface area is 110 Å². The Kier molecular flexibility index (Phi) is 9.76. The zero-order valence-corrected chi connectivity index (χ0v) is 11.6. The maximum absolute atomic E-state index is 5.52. The van der Waals surface area contributed by atoms with E-state index in [1.165, 1.54) is 30.4 Å². The Morgan fingerprint density at radius 3 is 2.12 bits per heavy atom. The van der Waals surface area contributed by atoms with Crippen molar-refractivity contribution >= 4 is 11.6 Å². The molecule has 0 saturated carbocycles. The topological polar surface area (TPSA) is 18.5 Å². The fourth-order valence-corrected chi connectivity index (χ4v) is 2.09. The normalized spacial score (nSPS) is 18.4. The molecule has 1 aliphatic heterocycles. The van der Waals surface area contributed by atoms with E-state index in [-0.39, 0.29) is 12.4 Å². The molecule has 0 N–H and O–H groups in total. The highest BCUT2D eigenvalue weighted by atomic mass is 35.5. The molecule has 1 saturated heterocycles.